The molecule has 1 N–H and O–H groups in total. The molecule has 0 unspecified atom stereocenters. The highest BCUT2D eigenvalue weighted by Gasteiger charge is 2.32. The summed E-state index contributed by atoms with van der Waals surface area (Å²) in [5.41, 5.74) is 1.15. The van der Waals surface area contributed by atoms with Crippen molar-refractivity contribution in [1.29, 1.82) is 0 Å². The predicted octanol–water partition coefficient (Wildman–Crippen LogP) is 3.09. The summed E-state index contributed by atoms with van der Waals surface area (Å²) in [4.78, 5) is 3.71. The molecule has 0 bridgehead atoms. The molecule has 0 saturated carbocycles. The van der Waals surface area contributed by atoms with Crippen molar-refractivity contribution in [1.82, 2.24) is 4.98 Å². The highest BCUT2D eigenvalue weighted by molar-refractivity contribution is 6.32. The summed E-state index contributed by atoms with van der Waals surface area (Å²) in [5.74, 6) is 0.0859. The molecule has 0 saturated heterocycles. The van der Waals surface area contributed by atoms with Gasteiger partial charge in [-0.1, -0.05) is 11.6 Å². The van der Waals surface area contributed by atoms with Crippen LogP contribution in [0.1, 0.15) is 6.92 Å². The molecular formula is C8H7ClF3N3. The molecule has 1 aromatic heterocycles. The van der Waals surface area contributed by atoms with Crippen LogP contribution in [0.2, 0.25) is 5.02 Å². The minimum absolute atomic E-state index is 0.0859. The van der Waals surface area contributed by atoms with Crippen LogP contribution in [0.25, 0.3) is 0 Å². The first-order valence-electron chi connectivity index (χ1n) is 3.89. The van der Waals surface area contributed by atoms with E-state index in [2.05, 4.69) is 15.5 Å². The number of hydrazone groups is 1. The van der Waals surface area contributed by atoms with E-state index in [1.54, 1.807) is 6.07 Å². The Morgan fingerprint density at radius 1 is 1.53 bits per heavy atom. The summed E-state index contributed by atoms with van der Waals surface area (Å²) in [6.07, 6.45) is -3.05. The van der Waals surface area contributed by atoms with E-state index in [1.165, 1.54) is 12.3 Å². The zero-order valence-electron chi connectivity index (χ0n) is 7.64. The van der Waals surface area contributed by atoms with Crippen molar-refractivity contribution in [2.75, 3.05) is 5.43 Å². The van der Waals surface area contributed by atoms with Gasteiger partial charge in [-0.05, 0) is 19.1 Å². The maximum atomic E-state index is 12.0. The summed E-state index contributed by atoms with van der Waals surface area (Å²) in [6, 6.07) is 3.06. The van der Waals surface area contributed by atoms with Crippen LogP contribution in [0.3, 0.4) is 0 Å². The van der Waals surface area contributed by atoms with E-state index in [0.29, 0.717) is 0 Å². The molecular weight excluding hydrogens is 231 g/mol. The second-order valence-electron chi connectivity index (χ2n) is 2.64. The van der Waals surface area contributed by atoms with Crippen LogP contribution >= 0.6 is 11.6 Å². The maximum Gasteiger partial charge on any atom is 0.430 e. The Morgan fingerprint density at radius 3 is 2.73 bits per heavy atom. The number of hydrogen-bond donors (Lipinski definition) is 1. The first-order chi connectivity index (χ1) is 6.91. The molecule has 0 fully saturated rings. The van der Waals surface area contributed by atoms with Gasteiger partial charge in [0.15, 0.2) is 5.82 Å². The number of aromatic nitrogens is 1. The number of alkyl halides is 3. The maximum absolute atomic E-state index is 12.0. The SMILES string of the molecule is CC(=NNc1ncccc1Cl)C(F)(F)F. The fourth-order valence-corrected chi connectivity index (χ4v) is 0.832. The van der Waals surface area contributed by atoms with Gasteiger partial charge in [0.25, 0.3) is 0 Å². The monoisotopic (exact) mass is 237 g/mol. The van der Waals surface area contributed by atoms with Gasteiger partial charge in [0, 0.05) is 6.20 Å². The van der Waals surface area contributed by atoms with E-state index >= 15 is 0 Å². The van der Waals surface area contributed by atoms with Crippen LogP contribution < -0.4 is 5.43 Å². The van der Waals surface area contributed by atoms with Crippen molar-refractivity contribution in [3.05, 3.63) is 23.4 Å². The number of pyridine rings is 1. The van der Waals surface area contributed by atoms with Gasteiger partial charge in [0.1, 0.15) is 5.71 Å². The molecule has 0 radical (unpaired) electrons. The van der Waals surface area contributed by atoms with E-state index < -0.39 is 11.9 Å². The molecule has 3 nitrogen and oxygen atoms in total. The highest BCUT2D eigenvalue weighted by atomic mass is 35.5. The van der Waals surface area contributed by atoms with E-state index in [4.69, 9.17) is 11.6 Å². The number of anilines is 1. The lowest BCUT2D eigenvalue weighted by Gasteiger charge is -2.06. The lowest BCUT2D eigenvalue weighted by atomic mass is 10.4. The van der Waals surface area contributed by atoms with Crippen LogP contribution in [-0.4, -0.2) is 16.9 Å². The fraction of sp³-hybridized carbons (Fsp3) is 0.250. The largest absolute Gasteiger partial charge is 0.430 e. The third-order valence-corrected chi connectivity index (χ3v) is 1.80. The van der Waals surface area contributed by atoms with Crippen LogP contribution in [0.5, 0.6) is 0 Å². The molecule has 1 rings (SSSR count). The first-order valence-corrected chi connectivity index (χ1v) is 4.27. The molecule has 0 aliphatic carbocycles. The summed E-state index contributed by atoms with van der Waals surface area (Å²) < 4.78 is 36.1. The minimum atomic E-state index is -4.45. The standard InChI is InChI=1S/C8H7ClF3N3/c1-5(8(10,11)12)14-15-7-6(9)3-2-4-13-7/h2-4H,1H3,(H,13,15). The van der Waals surface area contributed by atoms with Gasteiger partial charge < -0.3 is 0 Å². The molecule has 1 aromatic rings. The molecule has 0 aromatic carbocycles. The molecule has 1 heterocycles. The first kappa shape index (κ1) is 11.8. The van der Waals surface area contributed by atoms with Crippen molar-refractivity contribution in [2.24, 2.45) is 5.10 Å². The average molecular weight is 238 g/mol. The molecule has 0 spiro atoms. The van der Waals surface area contributed by atoms with E-state index in [0.717, 1.165) is 6.92 Å². The van der Waals surface area contributed by atoms with Gasteiger partial charge >= 0.3 is 6.18 Å². The second-order valence-corrected chi connectivity index (χ2v) is 3.05. The Kier molecular flexibility index (Phi) is 3.52. The smallest absolute Gasteiger partial charge is 0.260 e. The van der Waals surface area contributed by atoms with Crippen molar-refractivity contribution >= 4 is 23.1 Å². The van der Waals surface area contributed by atoms with Gasteiger partial charge in [-0.3, -0.25) is 5.43 Å². The molecule has 0 aliphatic rings. The van der Waals surface area contributed by atoms with Crippen LogP contribution in [0.15, 0.2) is 23.4 Å². The summed E-state index contributed by atoms with van der Waals surface area (Å²) >= 11 is 5.65. The summed E-state index contributed by atoms with van der Waals surface area (Å²) in [6.45, 7) is 0.851. The zero-order chi connectivity index (χ0) is 11.5. The third kappa shape index (κ3) is 3.39. The molecule has 15 heavy (non-hydrogen) atoms. The Morgan fingerprint density at radius 2 is 2.20 bits per heavy atom. The quantitative estimate of drug-likeness (QED) is 0.634. The van der Waals surface area contributed by atoms with Crippen molar-refractivity contribution < 1.29 is 13.2 Å². The van der Waals surface area contributed by atoms with E-state index in [1.807, 2.05) is 0 Å². The Hall–Kier alpha value is -1.30. The topological polar surface area (TPSA) is 37.3 Å². The number of nitrogens with zero attached hydrogens (tertiary/aromatic N) is 2. The zero-order valence-corrected chi connectivity index (χ0v) is 8.39. The van der Waals surface area contributed by atoms with E-state index in [-0.39, 0.29) is 10.8 Å². The fourth-order valence-electron chi connectivity index (χ4n) is 0.668. The van der Waals surface area contributed by atoms with Crippen LogP contribution in [-0.2, 0) is 0 Å². The predicted molar refractivity (Wildman–Crippen MR) is 52.0 cm³/mol. The number of hydrogen-bond acceptors (Lipinski definition) is 3. The van der Waals surface area contributed by atoms with Gasteiger partial charge in [-0.25, -0.2) is 4.98 Å². The summed E-state index contributed by atoms with van der Waals surface area (Å²) in [5, 5.41) is 3.33. The number of halogens is 4. The number of rotatable bonds is 2. The van der Waals surface area contributed by atoms with Crippen molar-refractivity contribution in [3.8, 4) is 0 Å². The molecule has 7 heteroatoms. The van der Waals surface area contributed by atoms with E-state index in [9.17, 15) is 13.2 Å². The average Bonchev–Trinajstić information content (AvgIpc) is 2.14. The van der Waals surface area contributed by atoms with Gasteiger partial charge in [-0.15, -0.1) is 0 Å². The van der Waals surface area contributed by atoms with Crippen molar-refractivity contribution in [3.63, 3.8) is 0 Å². The molecule has 0 aliphatic heterocycles. The molecule has 0 amide bonds. The lowest BCUT2D eigenvalue weighted by Crippen LogP contribution is -2.20. The second kappa shape index (κ2) is 4.48. The van der Waals surface area contributed by atoms with Crippen molar-refractivity contribution in [2.45, 2.75) is 13.1 Å². The van der Waals surface area contributed by atoms with Gasteiger partial charge in [0.05, 0.1) is 5.02 Å². The lowest BCUT2D eigenvalue weighted by molar-refractivity contribution is -0.0592. The van der Waals surface area contributed by atoms with Crippen LogP contribution in [0.4, 0.5) is 19.0 Å². The van der Waals surface area contributed by atoms with Gasteiger partial charge in [-0.2, -0.15) is 18.3 Å². The Bertz CT molecular complexity index is 376. The van der Waals surface area contributed by atoms with Gasteiger partial charge in [0.2, 0.25) is 0 Å². The molecule has 0 atom stereocenters. The Labute approximate surface area is 89.0 Å². The van der Waals surface area contributed by atoms with Crippen LogP contribution in [0, 0.1) is 0 Å². The number of nitrogens with one attached hydrogen (secondary N) is 1. The molecule has 82 valence electrons. The minimum Gasteiger partial charge on any atom is -0.260 e. The third-order valence-electron chi connectivity index (χ3n) is 1.50. The summed E-state index contributed by atoms with van der Waals surface area (Å²) in [7, 11) is 0. The Balaban J connectivity index is 2.77. The highest BCUT2D eigenvalue weighted by Crippen LogP contribution is 2.20. The normalized spacial score (nSPS) is 12.7.